The van der Waals surface area contributed by atoms with E-state index >= 15 is 0 Å². The molecule has 35 heavy (non-hydrogen) atoms. The fourth-order valence-electron chi connectivity index (χ4n) is 5.27. The van der Waals surface area contributed by atoms with Crippen molar-refractivity contribution in [1.82, 2.24) is 19.9 Å². The van der Waals surface area contributed by atoms with Crippen LogP contribution in [0.4, 0.5) is 0 Å². The monoisotopic (exact) mass is 474 g/mol. The van der Waals surface area contributed by atoms with Crippen molar-refractivity contribution >= 4 is 5.91 Å². The molecule has 5 rings (SSSR count). The molecule has 0 aliphatic carbocycles. The lowest BCUT2D eigenvalue weighted by Gasteiger charge is -2.37. The summed E-state index contributed by atoms with van der Waals surface area (Å²) in [5.74, 6) is 3.16. The number of carbonyl (C=O) groups excluding carboxylic acids is 1. The van der Waals surface area contributed by atoms with Crippen LogP contribution in [0.5, 0.6) is 5.75 Å². The molecule has 3 aromatic rings. The van der Waals surface area contributed by atoms with Crippen molar-refractivity contribution in [3.63, 3.8) is 0 Å². The average molecular weight is 475 g/mol. The Kier molecular flexibility index (Phi) is 7.42. The van der Waals surface area contributed by atoms with Crippen LogP contribution in [0.2, 0.25) is 0 Å². The van der Waals surface area contributed by atoms with Crippen molar-refractivity contribution in [2.45, 2.75) is 38.6 Å². The van der Waals surface area contributed by atoms with Crippen LogP contribution >= 0.6 is 0 Å². The third kappa shape index (κ3) is 5.90. The number of hydrogen-bond acceptors (Lipinski definition) is 6. The molecule has 184 valence electrons. The molecule has 0 N–H and O–H groups in total. The lowest BCUT2D eigenvalue weighted by molar-refractivity contribution is -0.138. The van der Waals surface area contributed by atoms with E-state index in [4.69, 9.17) is 9.26 Å². The summed E-state index contributed by atoms with van der Waals surface area (Å²) in [5.41, 5.74) is 2.31. The minimum absolute atomic E-state index is 0.134. The molecule has 2 aromatic carbocycles. The summed E-state index contributed by atoms with van der Waals surface area (Å²) >= 11 is 0. The molecule has 2 aliphatic rings. The number of benzene rings is 2. The van der Waals surface area contributed by atoms with Crippen molar-refractivity contribution in [1.29, 1.82) is 0 Å². The van der Waals surface area contributed by atoms with Gasteiger partial charge in [-0.2, -0.15) is 4.98 Å². The number of ether oxygens (including phenoxy) is 1. The van der Waals surface area contributed by atoms with E-state index < -0.39 is 0 Å². The van der Waals surface area contributed by atoms with Gasteiger partial charge in [0, 0.05) is 24.6 Å². The highest BCUT2D eigenvalue weighted by atomic mass is 16.5. The van der Waals surface area contributed by atoms with E-state index in [2.05, 4.69) is 50.3 Å². The molecule has 2 fully saturated rings. The third-order valence-corrected chi connectivity index (χ3v) is 7.41. The van der Waals surface area contributed by atoms with Crippen LogP contribution in [0.3, 0.4) is 0 Å². The summed E-state index contributed by atoms with van der Waals surface area (Å²) in [6, 6.07) is 18.3. The van der Waals surface area contributed by atoms with Gasteiger partial charge in [0.1, 0.15) is 5.75 Å². The second-order valence-electron chi connectivity index (χ2n) is 9.75. The summed E-state index contributed by atoms with van der Waals surface area (Å²) < 4.78 is 10.7. The zero-order valence-electron chi connectivity index (χ0n) is 20.4. The van der Waals surface area contributed by atoms with Gasteiger partial charge < -0.3 is 14.2 Å². The van der Waals surface area contributed by atoms with Crippen LogP contribution in [-0.4, -0.2) is 59.1 Å². The standard InChI is InChI=1S/C28H34N4O3/c1-34-25-9-7-23(8-10-25)27-29-26(35-30-27)20-31-15-13-24(14-16-31)28(33)32-17-11-22(12-18-32)19-21-5-3-2-4-6-21/h2-10,22,24H,11-20H2,1H3. The number of likely N-dealkylation sites (tertiary alicyclic amines) is 2. The number of carbonyl (C=O) groups is 1. The number of piperidine rings is 2. The Hall–Kier alpha value is -3.19. The van der Waals surface area contributed by atoms with Gasteiger partial charge in [-0.3, -0.25) is 9.69 Å². The minimum Gasteiger partial charge on any atom is -0.497 e. The molecule has 0 radical (unpaired) electrons. The van der Waals surface area contributed by atoms with Crippen molar-refractivity contribution in [3.8, 4) is 17.1 Å². The topological polar surface area (TPSA) is 71.7 Å². The number of rotatable bonds is 7. The first kappa shape index (κ1) is 23.5. The van der Waals surface area contributed by atoms with E-state index in [-0.39, 0.29) is 5.92 Å². The Labute approximate surface area is 207 Å². The summed E-state index contributed by atoms with van der Waals surface area (Å²) in [6.45, 7) is 4.16. The Morgan fingerprint density at radius 1 is 0.971 bits per heavy atom. The molecule has 0 atom stereocenters. The van der Waals surface area contributed by atoms with Crippen molar-refractivity contribution in [3.05, 3.63) is 66.1 Å². The highest BCUT2D eigenvalue weighted by Crippen LogP contribution is 2.27. The van der Waals surface area contributed by atoms with Gasteiger partial charge in [-0.1, -0.05) is 35.5 Å². The van der Waals surface area contributed by atoms with Crippen LogP contribution in [0.15, 0.2) is 59.1 Å². The molecule has 0 unspecified atom stereocenters. The van der Waals surface area contributed by atoms with Crippen LogP contribution in [0, 0.1) is 11.8 Å². The number of hydrogen-bond donors (Lipinski definition) is 0. The molecule has 1 aromatic heterocycles. The molecular weight excluding hydrogens is 440 g/mol. The summed E-state index contributed by atoms with van der Waals surface area (Å²) in [4.78, 5) is 22.1. The second kappa shape index (κ2) is 11.0. The Morgan fingerprint density at radius 2 is 1.69 bits per heavy atom. The molecule has 0 spiro atoms. The molecule has 7 heteroatoms. The van der Waals surface area contributed by atoms with E-state index in [0.717, 1.165) is 69.6 Å². The first-order chi connectivity index (χ1) is 17.2. The Bertz CT molecular complexity index is 1080. The van der Waals surface area contributed by atoms with E-state index in [1.165, 1.54) is 5.56 Å². The average Bonchev–Trinajstić information content (AvgIpc) is 3.38. The second-order valence-corrected chi connectivity index (χ2v) is 9.75. The maximum Gasteiger partial charge on any atom is 0.241 e. The predicted molar refractivity (Wildman–Crippen MR) is 134 cm³/mol. The van der Waals surface area contributed by atoms with Gasteiger partial charge >= 0.3 is 0 Å². The summed E-state index contributed by atoms with van der Waals surface area (Å²) in [6.07, 6.45) is 5.11. The van der Waals surface area contributed by atoms with E-state index in [0.29, 0.717) is 30.1 Å². The fourth-order valence-corrected chi connectivity index (χ4v) is 5.27. The summed E-state index contributed by atoms with van der Waals surface area (Å²) in [5, 5.41) is 4.13. The fraction of sp³-hybridized carbons (Fsp3) is 0.464. The normalized spacial score (nSPS) is 18.0. The molecule has 7 nitrogen and oxygen atoms in total. The predicted octanol–water partition coefficient (Wildman–Crippen LogP) is 4.44. The molecule has 0 saturated carbocycles. The Balaban J connectivity index is 1.06. The van der Waals surface area contributed by atoms with Crippen molar-refractivity contribution in [2.24, 2.45) is 11.8 Å². The zero-order valence-corrected chi connectivity index (χ0v) is 20.4. The Morgan fingerprint density at radius 3 is 2.37 bits per heavy atom. The zero-order chi connectivity index (χ0) is 24.0. The lowest BCUT2D eigenvalue weighted by Crippen LogP contribution is -2.45. The number of nitrogens with zero attached hydrogens (tertiary/aromatic N) is 4. The highest BCUT2D eigenvalue weighted by Gasteiger charge is 2.31. The molecule has 3 heterocycles. The van der Waals surface area contributed by atoms with Gasteiger partial charge in [0.05, 0.1) is 13.7 Å². The van der Waals surface area contributed by atoms with E-state index in [1.54, 1.807) is 7.11 Å². The van der Waals surface area contributed by atoms with Gasteiger partial charge in [0.15, 0.2) is 0 Å². The van der Waals surface area contributed by atoms with Crippen LogP contribution in [0.1, 0.15) is 37.1 Å². The van der Waals surface area contributed by atoms with Gasteiger partial charge in [-0.05, 0) is 80.9 Å². The minimum atomic E-state index is 0.134. The van der Waals surface area contributed by atoms with E-state index in [9.17, 15) is 4.79 Å². The maximum atomic E-state index is 13.1. The smallest absolute Gasteiger partial charge is 0.241 e. The van der Waals surface area contributed by atoms with Crippen LogP contribution in [0.25, 0.3) is 11.4 Å². The molecule has 2 saturated heterocycles. The molecule has 2 aliphatic heterocycles. The lowest BCUT2D eigenvalue weighted by atomic mass is 9.88. The van der Waals surface area contributed by atoms with Gasteiger partial charge in [0.25, 0.3) is 0 Å². The largest absolute Gasteiger partial charge is 0.497 e. The first-order valence-electron chi connectivity index (χ1n) is 12.7. The van der Waals surface area contributed by atoms with Crippen LogP contribution < -0.4 is 4.74 Å². The quantitative estimate of drug-likeness (QED) is 0.504. The maximum absolute atomic E-state index is 13.1. The van der Waals surface area contributed by atoms with Gasteiger partial charge in [-0.15, -0.1) is 0 Å². The molecule has 0 bridgehead atoms. The van der Waals surface area contributed by atoms with Crippen molar-refractivity contribution in [2.75, 3.05) is 33.3 Å². The number of amides is 1. The van der Waals surface area contributed by atoms with Crippen molar-refractivity contribution < 1.29 is 14.1 Å². The SMILES string of the molecule is COc1ccc(-c2noc(CN3CCC(C(=O)N4CCC(Cc5ccccc5)CC4)CC3)n2)cc1. The highest BCUT2D eigenvalue weighted by molar-refractivity contribution is 5.79. The van der Waals surface area contributed by atoms with Gasteiger partial charge in [0.2, 0.25) is 17.6 Å². The third-order valence-electron chi connectivity index (χ3n) is 7.41. The number of methoxy groups -OCH3 is 1. The van der Waals surface area contributed by atoms with Crippen LogP contribution in [-0.2, 0) is 17.8 Å². The van der Waals surface area contributed by atoms with E-state index in [1.807, 2.05) is 24.3 Å². The summed E-state index contributed by atoms with van der Waals surface area (Å²) in [7, 11) is 1.65. The van der Waals surface area contributed by atoms with Gasteiger partial charge in [-0.25, -0.2) is 0 Å². The first-order valence-corrected chi connectivity index (χ1v) is 12.7. The number of aromatic nitrogens is 2. The molecule has 1 amide bonds. The molecular formula is C28H34N4O3.